The lowest BCUT2D eigenvalue weighted by molar-refractivity contribution is -0.140. The van der Waals surface area contributed by atoms with Gasteiger partial charge < -0.3 is 20.6 Å². The van der Waals surface area contributed by atoms with Crippen LogP contribution in [-0.2, 0) is 10.5 Å². The molecular formula is C24H28Cl2N4O3. The zero-order valence-corrected chi connectivity index (χ0v) is 20.0. The second-order valence-electron chi connectivity index (χ2n) is 8.57. The van der Waals surface area contributed by atoms with E-state index < -0.39 is 17.7 Å². The number of carbonyl (C=O) groups is 2. The Labute approximate surface area is 203 Å². The molecule has 176 valence electrons. The Hall–Kier alpha value is -2.32. The monoisotopic (exact) mass is 490 g/mol. The van der Waals surface area contributed by atoms with Crippen LogP contribution in [0.2, 0.25) is 10.0 Å². The number of rotatable bonds is 6. The summed E-state index contributed by atoms with van der Waals surface area (Å²) in [5, 5.41) is 17.9. The molecule has 9 heteroatoms. The Kier molecular flexibility index (Phi) is 7.14. The van der Waals surface area contributed by atoms with Crippen molar-refractivity contribution in [3.8, 4) is 0 Å². The van der Waals surface area contributed by atoms with E-state index in [0.717, 1.165) is 24.4 Å². The van der Waals surface area contributed by atoms with E-state index in [4.69, 9.17) is 23.2 Å². The number of piperidine rings is 1. The van der Waals surface area contributed by atoms with Crippen LogP contribution in [-0.4, -0.2) is 47.6 Å². The summed E-state index contributed by atoms with van der Waals surface area (Å²) in [5.41, 5.74) is -1.36. The molecule has 3 amide bonds. The van der Waals surface area contributed by atoms with Crippen LogP contribution < -0.4 is 15.5 Å². The molecule has 2 heterocycles. The third-order valence-electron chi connectivity index (χ3n) is 6.40. The van der Waals surface area contributed by atoms with Crippen molar-refractivity contribution < 1.29 is 14.7 Å². The molecule has 2 aromatic carbocycles. The Morgan fingerprint density at radius 3 is 2.76 bits per heavy atom. The average Bonchev–Trinajstić information content (AvgIpc) is 2.80. The predicted molar refractivity (Wildman–Crippen MR) is 131 cm³/mol. The number of para-hydroxylation sites is 1. The van der Waals surface area contributed by atoms with Crippen molar-refractivity contribution in [2.24, 2.45) is 0 Å². The van der Waals surface area contributed by atoms with Gasteiger partial charge in [-0.05, 0) is 57.0 Å². The maximum Gasteiger partial charge on any atom is 0.329 e. The van der Waals surface area contributed by atoms with Crippen LogP contribution in [0.15, 0.2) is 42.5 Å². The molecule has 0 spiro atoms. The highest BCUT2D eigenvalue weighted by atomic mass is 35.5. The molecule has 33 heavy (non-hydrogen) atoms. The molecule has 7 nitrogen and oxygen atoms in total. The van der Waals surface area contributed by atoms with Gasteiger partial charge >= 0.3 is 6.03 Å². The van der Waals surface area contributed by atoms with Crippen molar-refractivity contribution in [2.75, 3.05) is 29.9 Å². The third-order valence-corrected chi connectivity index (χ3v) is 7.14. The molecule has 0 saturated carbocycles. The number of halogens is 2. The number of nitrogens with zero attached hydrogens (tertiary/aromatic N) is 2. The van der Waals surface area contributed by atoms with Crippen LogP contribution >= 0.6 is 23.2 Å². The molecular weight excluding hydrogens is 463 g/mol. The number of carbonyl (C=O) groups excluding carboxylic acids is 2. The maximum absolute atomic E-state index is 13.4. The molecule has 1 fully saturated rings. The van der Waals surface area contributed by atoms with E-state index in [0.29, 0.717) is 23.3 Å². The number of likely N-dealkylation sites (tertiary alicyclic amines) is 1. The topological polar surface area (TPSA) is 84.9 Å². The van der Waals surface area contributed by atoms with E-state index in [2.05, 4.69) is 22.5 Å². The zero-order valence-electron chi connectivity index (χ0n) is 18.5. The first-order valence-corrected chi connectivity index (χ1v) is 12.0. The van der Waals surface area contributed by atoms with Crippen LogP contribution in [0.25, 0.3) is 0 Å². The van der Waals surface area contributed by atoms with Crippen molar-refractivity contribution in [1.82, 2.24) is 10.2 Å². The van der Waals surface area contributed by atoms with Gasteiger partial charge in [0, 0.05) is 24.7 Å². The maximum atomic E-state index is 13.4. The van der Waals surface area contributed by atoms with Gasteiger partial charge in [-0.1, -0.05) is 47.8 Å². The number of anilines is 2. The minimum atomic E-state index is -2.26. The fourth-order valence-corrected chi connectivity index (χ4v) is 4.88. The van der Waals surface area contributed by atoms with E-state index in [-0.39, 0.29) is 16.3 Å². The van der Waals surface area contributed by atoms with E-state index in [1.165, 1.54) is 37.5 Å². The van der Waals surface area contributed by atoms with Gasteiger partial charge in [0.15, 0.2) is 0 Å². The minimum Gasteiger partial charge on any atom is -0.359 e. The van der Waals surface area contributed by atoms with Crippen molar-refractivity contribution in [2.45, 2.75) is 44.4 Å². The lowest BCUT2D eigenvalue weighted by Crippen LogP contribution is -2.62. The van der Waals surface area contributed by atoms with Crippen LogP contribution in [0.3, 0.4) is 0 Å². The lowest BCUT2D eigenvalue weighted by atomic mass is 9.94. The second-order valence-corrected chi connectivity index (χ2v) is 9.39. The number of amides is 3. The number of aliphatic hydroxyl groups is 1. The van der Waals surface area contributed by atoms with Crippen LogP contribution in [0.5, 0.6) is 0 Å². The van der Waals surface area contributed by atoms with Gasteiger partial charge in [0.05, 0.1) is 21.4 Å². The first kappa shape index (κ1) is 23.8. The molecule has 2 atom stereocenters. The summed E-state index contributed by atoms with van der Waals surface area (Å²) in [6, 6.07) is 11.1. The molecule has 0 aliphatic carbocycles. The third kappa shape index (κ3) is 4.68. The number of benzene rings is 2. The fraction of sp³-hybridized carbons (Fsp3) is 0.417. The van der Waals surface area contributed by atoms with Gasteiger partial charge in [-0.3, -0.25) is 9.69 Å². The number of hydrogen-bond donors (Lipinski definition) is 3. The summed E-state index contributed by atoms with van der Waals surface area (Å²) in [4.78, 5) is 29.9. The van der Waals surface area contributed by atoms with Gasteiger partial charge in [-0.15, -0.1) is 0 Å². The van der Waals surface area contributed by atoms with Crippen LogP contribution in [0.4, 0.5) is 16.2 Å². The summed E-state index contributed by atoms with van der Waals surface area (Å²) in [6.07, 6.45) is 4.39. The Morgan fingerprint density at radius 1 is 1.21 bits per heavy atom. The number of nitrogens with one attached hydrogen (secondary N) is 2. The molecule has 2 unspecified atom stereocenters. The number of urea groups is 1. The summed E-state index contributed by atoms with van der Waals surface area (Å²) >= 11 is 12.2. The SMILES string of the molecule is CC1CCCCN1CCCNC(=O)C1(O)c2ccccc2NC(=O)N1c1ccc(Cl)c(Cl)c1. The average molecular weight is 491 g/mol. The normalized spacial score (nSPS) is 23.1. The fourth-order valence-electron chi connectivity index (χ4n) is 4.58. The van der Waals surface area contributed by atoms with Crippen LogP contribution in [0.1, 0.15) is 38.2 Å². The molecule has 4 rings (SSSR count). The van der Waals surface area contributed by atoms with Gasteiger partial charge in [-0.2, -0.15) is 0 Å². The lowest BCUT2D eigenvalue weighted by Gasteiger charge is -2.42. The Bertz CT molecular complexity index is 1050. The number of fused-ring (bicyclic) bond motifs is 1. The Balaban J connectivity index is 1.57. The van der Waals surface area contributed by atoms with E-state index in [1.54, 1.807) is 24.3 Å². The molecule has 0 radical (unpaired) electrons. The van der Waals surface area contributed by atoms with Gasteiger partial charge in [0.1, 0.15) is 0 Å². The van der Waals surface area contributed by atoms with Gasteiger partial charge in [-0.25, -0.2) is 4.79 Å². The van der Waals surface area contributed by atoms with Crippen molar-refractivity contribution in [3.05, 3.63) is 58.1 Å². The van der Waals surface area contributed by atoms with E-state index in [9.17, 15) is 14.7 Å². The highest BCUT2D eigenvalue weighted by molar-refractivity contribution is 6.42. The van der Waals surface area contributed by atoms with Crippen molar-refractivity contribution in [1.29, 1.82) is 0 Å². The van der Waals surface area contributed by atoms with Crippen molar-refractivity contribution >= 4 is 46.5 Å². The Morgan fingerprint density at radius 2 is 2.00 bits per heavy atom. The molecule has 1 saturated heterocycles. The molecule has 3 N–H and O–H groups in total. The number of hydrogen-bond acceptors (Lipinski definition) is 4. The first-order chi connectivity index (χ1) is 15.8. The second kappa shape index (κ2) is 9.89. The van der Waals surface area contributed by atoms with Crippen molar-refractivity contribution in [3.63, 3.8) is 0 Å². The predicted octanol–water partition coefficient (Wildman–Crippen LogP) is 4.57. The summed E-state index contributed by atoms with van der Waals surface area (Å²) < 4.78 is 0. The van der Waals surface area contributed by atoms with Gasteiger partial charge in [0.25, 0.3) is 11.6 Å². The quantitative estimate of drug-likeness (QED) is 0.517. The largest absolute Gasteiger partial charge is 0.359 e. The van der Waals surface area contributed by atoms with Gasteiger partial charge in [0.2, 0.25) is 0 Å². The minimum absolute atomic E-state index is 0.208. The van der Waals surface area contributed by atoms with E-state index in [1.807, 2.05) is 0 Å². The molecule has 2 aliphatic rings. The standard InChI is InChI=1S/C24H28Cl2N4O3/c1-16-7-4-5-13-29(16)14-6-12-27-22(31)24(33)18-8-2-3-9-21(18)28-23(32)30(24)17-10-11-19(25)20(26)15-17/h2-3,8-11,15-16,33H,4-7,12-14H2,1H3,(H,27,31)(H,28,32). The first-order valence-electron chi connectivity index (χ1n) is 11.2. The molecule has 0 bridgehead atoms. The molecule has 0 aromatic heterocycles. The molecule has 2 aromatic rings. The summed E-state index contributed by atoms with van der Waals surface area (Å²) in [7, 11) is 0. The highest BCUT2D eigenvalue weighted by Gasteiger charge is 2.51. The molecule has 2 aliphatic heterocycles. The highest BCUT2D eigenvalue weighted by Crippen LogP contribution is 2.41. The summed E-state index contributed by atoms with van der Waals surface area (Å²) in [6.45, 7) is 4.54. The summed E-state index contributed by atoms with van der Waals surface area (Å²) in [5.74, 6) is -0.678. The van der Waals surface area contributed by atoms with Crippen LogP contribution in [0, 0.1) is 0 Å². The zero-order chi connectivity index (χ0) is 23.6. The van der Waals surface area contributed by atoms with E-state index >= 15 is 0 Å². The smallest absolute Gasteiger partial charge is 0.329 e.